The summed E-state index contributed by atoms with van der Waals surface area (Å²) in [6, 6.07) is 1.76. The highest BCUT2D eigenvalue weighted by Gasteiger charge is 2.08. The first kappa shape index (κ1) is 13.0. The maximum atomic E-state index is 10.8. The highest BCUT2D eigenvalue weighted by molar-refractivity contribution is 7.99. The molecule has 0 amide bonds. The van der Waals surface area contributed by atoms with Crippen LogP contribution in [0.4, 0.5) is 0 Å². The van der Waals surface area contributed by atoms with Crippen molar-refractivity contribution in [1.29, 1.82) is 0 Å². The fourth-order valence-corrected chi connectivity index (χ4v) is 2.22. The molecule has 0 aliphatic rings. The van der Waals surface area contributed by atoms with Gasteiger partial charge in [-0.1, -0.05) is 23.5 Å². The lowest BCUT2D eigenvalue weighted by molar-refractivity contribution is -0.114. The predicted molar refractivity (Wildman–Crippen MR) is 67.3 cm³/mol. The van der Waals surface area contributed by atoms with Gasteiger partial charge in [-0.2, -0.15) is 0 Å². The lowest BCUT2D eigenvalue weighted by Crippen LogP contribution is -1.92. The normalized spacial score (nSPS) is 10.5. The molecule has 0 unspecified atom stereocenters. The highest BCUT2D eigenvalue weighted by Crippen LogP contribution is 2.21. The maximum Gasteiger partial charge on any atom is 0.277 e. The molecule has 0 aliphatic carbocycles. The third kappa shape index (κ3) is 4.11. The van der Waals surface area contributed by atoms with E-state index < -0.39 is 0 Å². The van der Waals surface area contributed by atoms with Crippen molar-refractivity contribution >= 4 is 29.3 Å². The molecule has 2 aromatic heterocycles. The minimum atomic E-state index is 0.0758. The summed E-state index contributed by atoms with van der Waals surface area (Å²) in [7, 11) is 0. The second kappa shape index (κ2) is 6.50. The SMILES string of the molecule is CC(=O)CSc1nnc(CSc2ncccn2)o1. The molecule has 2 heterocycles. The third-order valence-corrected chi connectivity index (χ3v) is 3.54. The molecule has 0 bridgehead atoms. The molecular weight excluding hydrogens is 272 g/mol. The molecule has 0 aromatic carbocycles. The van der Waals surface area contributed by atoms with Gasteiger partial charge in [-0.25, -0.2) is 9.97 Å². The molecule has 0 saturated carbocycles. The van der Waals surface area contributed by atoms with E-state index in [2.05, 4.69) is 20.2 Å². The van der Waals surface area contributed by atoms with Crippen molar-refractivity contribution in [2.24, 2.45) is 0 Å². The van der Waals surface area contributed by atoms with Crippen LogP contribution in [0.5, 0.6) is 0 Å². The maximum absolute atomic E-state index is 10.8. The minimum Gasteiger partial charge on any atom is -0.415 e. The van der Waals surface area contributed by atoms with Crippen LogP contribution in [0.3, 0.4) is 0 Å². The predicted octanol–water partition coefficient (Wildman–Crippen LogP) is 1.83. The van der Waals surface area contributed by atoms with Crippen molar-refractivity contribution in [2.45, 2.75) is 23.1 Å². The van der Waals surface area contributed by atoms with Gasteiger partial charge in [0.25, 0.3) is 5.22 Å². The molecule has 2 rings (SSSR count). The lowest BCUT2D eigenvalue weighted by Gasteiger charge is -1.94. The summed E-state index contributed by atoms with van der Waals surface area (Å²) in [6.07, 6.45) is 3.36. The quantitative estimate of drug-likeness (QED) is 0.586. The fraction of sp³-hybridized carbons (Fsp3) is 0.300. The Morgan fingerprint density at radius 3 is 2.78 bits per heavy atom. The molecule has 8 heteroatoms. The molecule has 0 spiro atoms. The average molecular weight is 282 g/mol. The van der Waals surface area contributed by atoms with E-state index in [-0.39, 0.29) is 5.78 Å². The number of thioether (sulfide) groups is 2. The zero-order chi connectivity index (χ0) is 12.8. The summed E-state index contributed by atoms with van der Waals surface area (Å²) in [5.74, 6) is 1.43. The smallest absolute Gasteiger partial charge is 0.277 e. The fourth-order valence-electron chi connectivity index (χ4n) is 1.00. The van der Waals surface area contributed by atoms with E-state index >= 15 is 0 Å². The van der Waals surface area contributed by atoms with Crippen molar-refractivity contribution in [1.82, 2.24) is 20.2 Å². The van der Waals surface area contributed by atoms with Crippen LogP contribution in [0.1, 0.15) is 12.8 Å². The summed E-state index contributed by atoms with van der Waals surface area (Å²) in [5, 5.41) is 8.80. The van der Waals surface area contributed by atoms with Crippen LogP contribution in [0.15, 0.2) is 33.3 Å². The van der Waals surface area contributed by atoms with E-state index in [9.17, 15) is 4.79 Å². The van der Waals surface area contributed by atoms with Crippen molar-refractivity contribution in [3.63, 3.8) is 0 Å². The largest absolute Gasteiger partial charge is 0.415 e. The molecular formula is C10H10N4O2S2. The topological polar surface area (TPSA) is 81.8 Å². The van der Waals surface area contributed by atoms with Crippen molar-refractivity contribution in [3.05, 3.63) is 24.4 Å². The van der Waals surface area contributed by atoms with Crippen LogP contribution in [-0.4, -0.2) is 31.7 Å². The van der Waals surface area contributed by atoms with Gasteiger partial charge in [-0.05, 0) is 13.0 Å². The summed E-state index contributed by atoms with van der Waals surface area (Å²) in [4.78, 5) is 18.9. The van der Waals surface area contributed by atoms with Gasteiger partial charge in [0.2, 0.25) is 5.89 Å². The molecule has 0 atom stereocenters. The summed E-state index contributed by atoms with van der Waals surface area (Å²) >= 11 is 2.66. The zero-order valence-corrected chi connectivity index (χ0v) is 11.2. The van der Waals surface area contributed by atoms with Gasteiger partial charge in [0.1, 0.15) is 5.78 Å². The number of Topliss-reactive ketones (excluding diaryl/α,β-unsaturated/α-hetero) is 1. The Labute approximate surface area is 112 Å². The first-order valence-electron chi connectivity index (χ1n) is 5.08. The second-order valence-corrected chi connectivity index (χ2v) is 5.14. The molecule has 0 radical (unpaired) electrons. The molecule has 94 valence electrons. The Hall–Kier alpha value is -1.41. The average Bonchev–Trinajstić information content (AvgIpc) is 2.83. The number of rotatable bonds is 6. The van der Waals surface area contributed by atoms with Crippen molar-refractivity contribution in [2.75, 3.05) is 5.75 Å². The summed E-state index contributed by atoms with van der Waals surface area (Å²) in [6.45, 7) is 1.52. The van der Waals surface area contributed by atoms with Gasteiger partial charge < -0.3 is 4.42 Å². The molecule has 0 saturated heterocycles. The first-order valence-corrected chi connectivity index (χ1v) is 7.05. The van der Waals surface area contributed by atoms with Crippen LogP contribution in [-0.2, 0) is 10.5 Å². The monoisotopic (exact) mass is 282 g/mol. The van der Waals surface area contributed by atoms with Crippen LogP contribution in [0.2, 0.25) is 0 Å². The molecule has 0 aliphatic heterocycles. The van der Waals surface area contributed by atoms with Gasteiger partial charge in [0, 0.05) is 12.4 Å². The summed E-state index contributed by atoms with van der Waals surface area (Å²) < 4.78 is 5.37. The zero-order valence-electron chi connectivity index (χ0n) is 9.57. The minimum absolute atomic E-state index is 0.0758. The Bertz CT molecular complexity index is 518. The summed E-state index contributed by atoms with van der Waals surface area (Å²) in [5.41, 5.74) is 0. The van der Waals surface area contributed by atoms with E-state index in [0.29, 0.717) is 27.8 Å². The number of carbonyl (C=O) groups is 1. The standard InChI is InChI=1S/C10H10N4O2S2/c1-7(15)5-18-10-14-13-8(16-10)6-17-9-11-3-2-4-12-9/h2-4H,5-6H2,1H3. The van der Waals surface area contributed by atoms with Gasteiger partial charge in [0.15, 0.2) is 5.16 Å². The molecule has 6 nitrogen and oxygen atoms in total. The second-order valence-electron chi connectivity index (χ2n) is 3.27. The Morgan fingerprint density at radius 2 is 2.06 bits per heavy atom. The highest BCUT2D eigenvalue weighted by atomic mass is 32.2. The first-order chi connectivity index (χ1) is 8.74. The van der Waals surface area contributed by atoms with Gasteiger partial charge in [-0.15, -0.1) is 10.2 Å². The van der Waals surface area contributed by atoms with Crippen LogP contribution in [0.25, 0.3) is 0 Å². The van der Waals surface area contributed by atoms with Gasteiger partial charge in [0.05, 0.1) is 11.5 Å². The molecule has 18 heavy (non-hydrogen) atoms. The van der Waals surface area contributed by atoms with Crippen LogP contribution in [0, 0.1) is 0 Å². The van der Waals surface area contributed by atoms with Gasteiger partial charge in [-0.3, -0.25) is 4.79 Å². The number of hydrogen-bond donors (Lipinski definition) is 0. The number of hydrogen-bond acceptors (Lipinski definition) is 8. The van der Waals surface area contributed by atoms with E-state index in [0.717, 1.165) is 0 Å². The number of nitrogens with zero attached hydrogens (tertiary/aromatic N) is 4. The third-order valence-electron chi connectivity index (χ3n) is 1.71. The number of ketones is 1. The van der Waals surface area contributed by atoms with Crippen LogP contribution < -0.4 is 0 Å². The van der Waals surface area contributed by atoms with E-state index in [4.69, 9.17) is 4.42 Å². The van der Waals surface area contributed by atoms with Gasteiger partial charge >= 0.3 is 0 Å². The van der Waals surface area contributed by atoms with Crippen molar-refractivity contribution < 1.29 is 9.21 Å². The number of carbonyl (C=O) groups excluding carboxylic acids is 1. The van der Waals surface area contributed by atoms with E-state index in [1.54, 1.807) is 18.5 Å². The molecule has 0 fully saturated rings. The van der Waals surface area contributed by atoms with Crippen molar-refractivity contribution in [3.8, 4) is 0 Å². The molecule has 0 N–H and O–H groups in total. The van der Waals surface area contributed by atoms with E-state index in [1.807, 2.05) is 0 Å². The Balaban J connectivity index is 1.85. The Kier molecular flexibility index (Phi) is 4.71. The lowest BCUT2D eigenvalue weighted by atomic mass is 10.5. The Morgan fingerprint density at radius 1 is 1.28 bits per heavy atom. The van der Waals surface area contributed by atoms with E-state index in [1.165, 1.54) is 30.4 Å². The molecule has 2 aromatic rings. The number of aromatic nitrogens is 4. The van der Waals surface area contributed by atoms with Crippen LogP contribution >= 0.6 is 23.5 Å².